The first kappa shape index (κ1) is 24.6. The number of fused-ring (bicyclic) bond motifs is 1. The number of hydrogen-bond donors (Lipinski definition) is 2. The number of nitrogens with zero attached hydrogens (tertiary/aromatic N) is 4. The fourth-order valence-corrected chi connectivity index (χ4v) is 4.63. The molecule has 3 aromatic heterocycles. The third-order valence-electron chi connectivity index (χ3n) is 6.76. The molecule has 0 aliphatic carbocycles. The minimum atomic E-state index is -0.423. The predicted octanol–water partition coefficient (Wildman–Crippen LogP) is 2.73. The molecule has 38 heavy (non-hydrogen) atoms. The van der Waals surface area contributed by atoms with Crippen molar-refractivity contribution in [2.24, 2.45) is 5.73 Å². The Morgan fingerprint density at radius 2 is 1.79 bits per heavy atom. The first-order valence-electron chi connectivity index (χ1n) is 12.8. The fourth-order valence-electron chi connectivity index (χ4n) is 4.63. The van der Waals surface area contributed by atoms with Gasteiger partial charge in [0, 0.05) is 41.4 Å². The van der Waals surface area contributed by atoms with Gasteiger partial charge in [-0.05, 0) is 30.7 Å². The monoisotopic (exact) mass is 514 g/mol. The number of hydrogen-bond acceptors (Lipinski definition) is 9. The van der Waals surface area contributed by atoms with E-state index in [0.717, 1.165) is 27.9 Å². The molecule has 0 bridgehead atoms. The zero-order valence-electron chi connectivity index (χ0n) is 21.2. The Bertz CT molecular complexity index is 1490. The highest BCUT2D eigenvalue weighted by Gasteiger charge is 2.22. The van der Waals surface area contributed by atoms with Gasteiger partial charge in [-0.1, -0.05) is 30.3 Å². The van der Waals surface area contributed by atoms with E-state index in [2.05, 4.69) is 15.3 Å². The minimum absolute atomic E-state index is 0.132. The Morgan fingerprint density at radius 1 is 1.03 bits per heavy atom. The molecule has 10 heteroatoms. The molecule has 0 atom stereocenters. The average molecular weight is 515 g/mol. The molecular weight excluding hydrogens is 484 g/mol. The second-order valence-electron chi connectivity index (χ2n) is 9.75. The molecule has 2 aliphatic heterocycles. The van der Waals surface area contributed by atoms with Crippen LogP contribution in [0.25, 0.3) is 33.4 Å². The first-order valence-corrected chi connectivity index (χ1v) is 12.8. The topological polar surface area (TPSA) is 126 Å². The molecule has 2 fully saturated rings. The molecule has 0 radical (unpaired) electrons. The number of aryl methyl sites for hydroxylation is 2. The van der Waals surface area contributed by atoms with Crippen LogP contribution in [-0.2, 0) is 20.8 Å². The van der Waals surface area contributed by atoms with Gasteiger partial charge in [-0.3, -0.25) is 14.3 Å². The maximum absolute atomic E-state index is 13.9. The van der Waals surface area contributed by atoms with Crippen LogP contribution in [-0.4, -0.2) is 64.3 Å². The predicted molar refractivity (Wildman–Crippen MR) is 144 cm³/mol. The Balaban J connectivity index is 1.35. The highest BCUT2D eigenvalue weighted by molar-refractivity contribution is 5.82. The van der Waals surface area contributed by atoms with Crippen LogP contribution in [0.5, 0.6) is 0 Å². The largest absolute Gasteiger partial charge is 0.377 e. The van der Waals surface area contributed by atoms with Gasteiger partial charge in [0.05, 0.1) is 44.2 Å². The minimum Gasteiger partial charge on any atom is -0.377 e. The Hall–Kier alpha value is -3.70. The molecule has 10 nitrogen and oxygen atoms in total. The molecular formula is C28H30N6O4. The van der Waals surface area contributed by atoms with Gasteiger partial charge < -0.3 is 25.3 Å². The van der Waals surface area contributed by atoms with Crippen molar-refractivity contribution in [1.82, 2.24) is 19.5 Å². The highest BCUT2D eigenvalue weighted by atomic mass is 16.7. The third-order valence-corrected chi connectivity index (χ3v) is 6.76. The molecule has 2 aliphatic rings. The summed E-state index contributed by atoms with van der Waals surface area (Å²) in [5.41, 5.74) is 10.5. The van der Waals surface area contributed by atoms with Crippen molar-refractivity contribution in [2.45, 2.75) is 38.3 Å². The van der Waals surface area contributed by atoms with Crippen LogP contribution in [0.1, 0.15) is 12.1 Å². The van der Waals surface area contributed by atoms with Gasteiger partial charge in [0.1, 0.15) is 5.65 Å². The lowest BCUT2D eigenvalue weighted by molar-refractivity contribution is -0.189. The Kier molecular flexibility index (Phi) is 6.86. The lowest BCUT2D eigenvalue weighted by Gasteiger charge is -2.28. The molecule has 1 aromatic carbocycles. The lowest BCUT2D eigenvalue weighted by atomic mass is 10.0. The molecule has 6 rings (SSSR count). The van der Waals surface area contributed by atoms with Gasteiger partial charge in [0.2, 0.25) is 5.95 Å². The number of anilines is 1. The summed E-state index contributed by atoms with van der Waals surface area (Å²) < 4.78 is 18.4. The number of nitrogens with two attached hydrogens (primary N) is 1. The summed E-state index contributed by atoms with van der Waals surface area (Å²) in [6.45, 7) is 4.43. The first-order chi connectivity index (χ1) is 18.5. The van der Waals surface area contributed by atoms with E-state index < -0.39 is 6.29 Å². The molecule has 0 spiro atoms. The number of rotatable bonds is 7. The van der Waals surface area contributed by atoms with Gasteiger partial charge in [0.15, 0.2) is 6.29 Å². The summed E-state index contributed by atoms with van der Waals surface area (Å²) in [6, 6.07) is 15.7. The number of benzene rings is 1. The van der Waals surface area contributed by atoms with Crippen LogP contribution >= 0.6 is 0 Å². The summed E-state index contributed by atoms with van der Waals surface area (Å²) >= 11 is 0. The number of aromatic nitrogens is 4. The van der Waals surface area contributed by atoms with E-state index in [-0.39, 0.29) is 17.6 Å². The van der Waals surface area contributed by atoms with Crippen LogP contribution in [0, 0.1) is 6.92 Å². The van der Waals surface area contributed by atoms with Crippen molar-refractivity contribution in [3.63, 3.8) is 0 Å². The van der Waals surface area contributed by atoms with Gasteiger partial charge in [-0.2, -0.15) is 4.98 Å². The van der Waals surface area contributed by atoms with Gasteiger partial charge in [-0.25, -0.2) is 4.98 Å². The van der Waals surface area contributed by atoms with E-state index in [1.807, 2.05) is 55.5 Å². The second kappa shape index (κ2) is 10.6. The molecule has 0 saturated carbocycles. The SMILES string of the molecule is Cc1cccc(-c2ccc(-c3cc4cnc(NC5COC5)nc4n(CCC4OCC(N)CO4)c3=O)cc2)n1. The lowest BCUT2D eigenvalue weighted by Crippen LogP contribution is -2.41. The zero-order chi connectivity index (χ0) is 26.1. The second-order valence-corrected chi connectivity index (χ2v) is 9.75. The zero-order valence-corrected chi connectivity index (χ0v) is 21.2. The maximum Gasteiger partial charge on any atom is 0.260 e. The van der Waals surface area contributed by atoms with Crippen molar-refractivity contribution in [3.05, 3.63) is 70.8 Å². The molecule has 5 heterocycles. The Morgan fingerprint density at radius 3 is 2.50 bits per heavy atom. The molecule has 2 saturated heterocycles. The van der Waals surface area contributed by atoms with Crippen LogP contribution in [0.4, 0.5) is 5.95 Å². The molecule has 0 amide bonds. The highest BCUT2D eigenvalue weighted by Crippen LogP contribution is 2.25. The normalized spacial score (nSPS) is 19.8. The van der Waals surface area contributed by atoms with Gasteiger partial charge >= 0.3 is 0 Å². The van der Waals surface area contributed by atoms with Gasteiger partial charge in [0.25, 0.3) is 5.56 Å². The quantitative estimate of drug-likeness (QED) is 0.383. The van der Waals surface area contributed by atoms with E-state index in [9.17, 15) is 4.79 Å². The third kappa shape index (κ3) is 5.16. The van der Waals surface area contributed by atoms with E-state index in [0.29, 0.717) is 56.6 Å². The van der Waals surface area contributed by atoms with Crippen LogP contribution in [0.2, 0.25) is 0 Å². The number of ether oxygens (including phenoxy) is 3. The van der Waals surface area contributed by atoms with Crippen LogP contribution < -0.4 is 16.6 Å². The average Bonchev–Trinajstić information content (AvgIpc) is 2.91. The van der Waals surface area contributed by atoms with E-state index >= 15 is 0 Å². The fraction of sp³-hybridized carbons (Fsp3) is 0.357. The van der Waals surface area contributed by atoms with Crippen molar-refractivity contribution in [1.29, 1.82) is 0 Å². The molecule has 4 aromatic rings. The smallest absolute Gasteiger partial charge is 0.260 e. The summed E-state index contributed by atoms with van der Waals surface area (Å²) in [4.78, 5) is 27.7. The van der Waals surface area contributed by atoms with E-state index in [1.165, 1.54) is 0 Å². The maximum atomic E-state index is 13.9. The van der Waals surface area contributed by atoms with Gasteiger partial charge in [-0.15, -0.1) is 0 Å². The van der Waals surface area contributed by atoms with E-state index in [1.54, 1.807) is 10.8 Å². The number of pyridine rings is 2. The summed E-state index contributed by atoms with van der Waals surface area (Å²) in [6.07, 6.45) is 1.82. The van der Waals surface area contributed by atoms with Crippen molar-refractivity contribution < 1.29 is 14.2 Å². The summed E-state index contributed by atoms with van der Waals surface area (Å²) in [7, 11) is 0. The number of nitrogens with one attached hydrogen (secondary N) is 1. The van der Waals surface area contributed by atoms with Crippen LogP contribution in [0.3, 0.4) is 0 Å². The van der Waals surface area contributed by atoms with Crippen molar-refractivity contribution in [3.8, 4) is 22.4 Å². The molecule has 3 N–H and O–H groups in total. The summed E-state index contributed by atoms with van der Waals surface area (Å²) in [5.74, 6) is 0.470. The van der Waals surface area contributed by atoms with E-state index in [4.69, 9.17) is 24.9 Å². The van der Waals surface area contributed by atoms with Crippen LogP contribution in [0.15, 0.2) is 59.5 Å². The summed E-state index contributed by atoms with van der Waals surface area (Å²) in [5, 5.41) is 4.04. The van der Waals surface area contributed by atoms with Crippen molar-refractivity contribution >= 4 is 17.0 Å². The molecule has 0 unspecified atom stereocenters. The Labute approximate surface area is 219 Å². The standard InChI is InChI=1S/C28H30N6O4/c1-17-3-2-4-24(31-17)19-7-5-18(6-8-19)23-11-20-12-30-28(32-22-15-36-16-22)33-26(20)34(27(23)35)10-9-25-37-13-21(29)14-38-25/h2-8,11-12,21-22,25H,9-10,13-16,29H2,1H3,(H,30,32,33). The van der Waals surface area contributed by atoms with Crippen molar-refractivity contribution in [2.75, 3.05) is 31.7 Å². The molecule has 196 valence electrons.